The summed E-state index contributed by atoms with van der Waals surface area (Å²) in [7, 11) is 2.05. The van der Waals surface area contributed by atoms with Crippen molar-refractivity contribution in [1.29, 1.82) is 0 Å². The first-order valence-electron chi connectivity index (χ1n) is 9.84. The van der Waals surface area contributed by atoms with Gasteiger partial charge in [-0.1, -0.05) is 0 Å². The topological polar surface area (TPSA) is 73.0 Å². The number of piperazine rings is 1. The number of likely N-dealkylation sites (tertiary alicyclic amines) is 1. The quantitative estimate of drug-likeness (QED) is 0.858. The van der Waals surface area contributed by atoms with Crippen molar-refractivity contribution in [2.75, 3.05) is 45.1 Å². The van der Waals surface area contributed by atoms with Crippen LogP contribution < -0.4 is 5.32 Å². The molecule has 2 aliphatic heterocycles. The summed E-state index contributed by atoms with van der Waals surface area (Å²) in [6.45, 7) is 9.58. The van der Waals surface area contributed by atoms with Crippen LogP contribution in [-0.4, -0.2) is 77.7 Å². The largest absolute Gasteiger partial charge is 0.337 e. The van der Waals surface area contributed by atoms with Gasteiger partial charge in [-0.15, -0.1) is 0 Å². The van der Waals surface area contributed by atoms with Gasteiger partial charge in [0.1, 0.15) is 0 Å². The lowest BCUT2D eigenvalue weighted by Crippen LogP contribution is -2.47. The van der Waals surface area contributed by atoms with Gasteiger partial charge < -0.3 is 20.0 Å². The fourth-order valence-corrected chi connectivity index (χ4v) is 3.66. The molecule has 0 radical (unpaired) electrons. The maximum atomic E-state index is 12.6. The Bertz CT molecular complexity index is 746. The van der Waals surface area contributed by atoms with Crippen molar-refractivity contribution < 1.29 is 14.4 Å². The molecule has 0 spiro atoms. The maximum Gasteiger partial charge on any atom is 0.253 e. The highest BCUT2D eigenvalue weighted by molar-refractivity contribution is 5.98. The van der Waals surface area contributed by atoms with Gasteiger partial charge in [-0.05, 0) is 52.1 Å². The predicted molar refractivity (Wildman–Crippen MR) is 108 cm³/mol. The molecule has 1 atom stereocenters. The van der Waals surface area contributed by atoms with Gasteiger partial charge in [0.15, 0.2) is 0 Å². The molecule has 3 rings (SSSR count). The van der Waals surface area contributed by atoms with E-state index in [1.807, 2.05) is 25.7 Å². The molecule has 1 unspecified atom stereocenters. The lowest BCUT2D eigenvalue weighted by molar-refractivity contribution is -0.131. The molecular formula is C21H30N4O3. The Kier molecular flexibility index (Phi) is 5.74. The SMILES string of the molecule is CN1CCN(C(=O)c2ccc(NC(=O)C3CC(=O)N(C(C)(C)C)C3)cc2)CC1. The third-order valence-corrected chi connectivity index (χ3v) is 5.50. The van der Waals surface area contributed by atoms with Crippen LogP contribution >= 0.6 is 0 Å². The van der Waals surface area contributed by atoms with Gasteiger partial charge in [0.2, 0.25) is 11.8 Å². The molecule has 7 heteroatoms. The average Bonchev–Trinajstić information content (AvgIpc) is 3.05. The number of amides is 3. The van der Waals surface area contributed by atoms with E-state index in [4.69, 9.17) is 0 Å². The molecule has 3 amide bonds. The number of nitrogens with one attached hydrogen (secondary N) is 1. The second-order valence-electron chi connectivity index (χ2n) is 8.74. The van der Waals surface area contributed by atoms with Gasteiger partial charge in [0.25, 0.3) is 5.91 Å². The van der Waals surface area contributed by atoms with Crippen molar-refractivity contribution in [3.8, 4) is 0 Å². The Morgan fingerprint density at radius 2 is 1.64 bits per heavy atom. The van der Waals surface area contributed by atoms with Crippen LogP contribution in [0.2, 0.25) is 0 Å². The number of carbonyl (C=O) groups is 3. The molecule has 28 heavy (non-hydrogen) atoms. The van der Waals surface area contributed by atoms with E-state index in [1.54, 1.807) is 29.2 Å². The summed E-state index contributed by atoms with van der Waals surface area (Å²) in [4.78, 5) is 43.2. The third-order valence-electron chi connectivity index (χ3n) is 5.50. The Balaban J connectivity index is 1.58. The number of hydrogen-bond donors (Lipinski definition) is 1. The van der Waals surface area contributed by atoms with Gasteiger partial charge in [0.05, 0.1) is 5.92 Å². The van der Waals surface area contributed by atoms with E-state index >= 15 is 0 Å². The number of carbonyl (C=O) groups excluding carboxylic acids is 3. The Morgan fingerprint density at radius 3 is 2.18 bits per heavy atom. The molecule has 0 saturated carbocycles. The van der Waals surface area contributed by atoms with E-state index in [0.717, 1.165) is 26.2 Å². The Morgan fingerprint density at radius 1 is 1.04 bits per heavy atom. The summed E-state index contributed by atoms with van der Waals surface area (Å²) >= 11 is 0. The fraction of sp³-hybridized carbons (Fsp3) is 0.571. The highest BCUT2D eigenvalue weighted by Gasteiger charge is 2.39. The molecule has 1 aromatic rings. The van der Waals surface area contributed by atoms with Crippen LogP contribution in [-0.2, 0) is 9.59 Å². The van der Waals surface area contributed by atoms with Crippen LogP contribution in [0.1, 0.15) is 37.6 Å². The Hall–Kier alpha value is -2.41. The van der Waals surface area contributed by atoms with Crippen LogP contribution in [0, 0.1) is 5.92 Å². The molecule has 0 aromatic heterocycles. The third kappa shape index (κ3) is 4.52. The summed E-state index contributed by atoms with van der Waals surface area (Å²) in [5, 5.41) is 2.88. The lowest BCUT2D eigenvalue weighted by atomic mass is 10.1. The van der Waals surface area contributed by atoms with Crippen molar-refractivity contribution in [1.82, 2.24) is 14.7 Å². The summed E-state index contributed by atoms with van der Waals surface area (Å²) in [6, 6.07) is 6.99. The summed E-state index contributed by atoms with van der Waals surface area (Å²) in [5.41, 5.74) is 0.983. The average molecular weight is 386 g/mol. The zero-order chi connectivity index (χ0) is 20.5. The number of rotatable bonds is 3. The molecule has 152 valence electrons. The van der Waals surface area contributed by atoms with Crippen molar-refractivity contribution >= 4 is 23.4 Å². The number of nitrogens with zero attached hydrogens (tertiary/aromatic N) is 3. The minimum absolute atomic E-state index is 0.0146. The highest BCUT2D eigenvalue weighted by atomic mass is 16.2. The first kappa shape index (κ1) is 20.3. The highest BCUT2D eigenvalue weighted by Crippen LogP contribution is 2.26. The molecule has 2 fully saturated rings. The van der Waals surface area contributed by atoms with E-state index in [1.165, 1.54) is 0 Å². The van der Waals surface area contributed by atoms with E-state index in [9.17, 15) is 14.4 Å². The standard InChI is InChI=1S/C21H30N4O3/c1-21(2,3)25-14-16(13-18(25)26)19(27)22-17-7-5-15(6-8-17)20(28)24-11-9-23(4)10-12-24/h5-8,16H,9-14H2,1-4H3,(H,22,27). The van der Waals surface area contributed by atoms with E-state index in [-0.39, 0.29) is 35.6 Å². The second-order valence-corrected chi connectivity index (χ2v) is 8.74. The number of benzene rings is 1. The van der Waals surface area contributed by atoms with Crippen molar-refractivity contribution in [3.63, 3.8) is 0 Å². The van der Waals surface area contributed by atoms with Crippen LogP contribution in [0.15, 0.2) is 24.3 Å². The molecular weight excluding hydrogens is 356 g/mol. The van der Waals surface area contributed by atoms with Gasteiger partial charge in [-0.25, -0.2) is 0 Å². The van der Waals surface area contributed by atoms with E-state index in [2.05, 4.69) is 17.3 Å². The zero-order valence-corrected chi connectivity index (χ0v) is 17.2. The first-order valence-corrected chi connectivity index (χ1v) is 9.84. The van der Waals surface area contributed by atoms with Gasteiger partial charge >= 0.3 is 0 Å². The molecule has 7 nitrogen and oxygen atoms in total. The monoisotopic (exact) mass is 386 g/mol. The molecule has 0 bridgehead atoms. The van der Waals surface area contributed by atoms with Crippen LogP contribution in [0.5, 0.6) is 0 Å². The first-order chi connectivity index (χ1) is 13.1. The summed E-state index contributed by atoms with van der Waals surface area (Å²) < 4.78 is 0. The number of anilines is 1. The number of likely N-dealkylation sites (N-methyl/N-ethyl adjacent to an activating group) is 1. The van der Waals surface area contributed by atoms with Crippen LogP contribution in [0.4, 0.5) is 5.69 Å². The van der Waals surface area contributed by atoms with Gasteiger partial charge in [0, 0.05) is 55.9 Å². The van der Waals surface area contributed by atoms with Crippen LogP contribution in [0.3, 0.4) is 0 Å². The lowest BCUT2D eigenvalue weighted by Gasteiger charge is -2.32. The van der Waals surface area contributed by atoms with Crippen molar-refractivity contribution in [2.45, 2.75) is 32.7 Å². The van der Waals surface area contributed by atoms with Gasteiger partial charge in [-0.3, -0.25) is 14.4 Å². The molecule has 2 heterocycles. The van der Waals surface area contributed by atoms with E-state index < -0.39 is 0 Å². The molecule has 1 N–H and O–H groups in total. The summed E-state index contributed by atoms with van der Waals surface area (Å²) in [6.07, 6.45) is 0.239. The van der Waals surface area contributed by atoms with Crippen molar-refractivity contribution in [2.24, 2.45) is 5.92 Å². The molecule has 2 saturated heterocycles. The Labute approximate surface area is 166 Å². The smallest absolute Gasteiger partial charge is 0.253 e. The summed E-state index contributed by atoms with van der Waals surface area (Å²) in [5.74, 6) is -0.467. The zero-order valence-electron chi connectivity index (χ0n) is 17.2. The van der Waals surface area contributed by atoms with Crippen molar-refractivity contribution in [3.05, 3.63) is 29.8 Å². The molecule has 1 aromatic carbocycles. The second kappa shape index (κ2) is 7.91. The minimum atomic E-state index is -0.349. The van der Waals surface area contributed by atoms with E-state index in [0.29, 0.717) is 17.8 Å². The minimum Gasteiger partial charge on any atom is -0.337 e. The number of hydrogen-bond acceptors (Lipinski definition) is 4. The fourth-order valence-electron chi connectivity index (χ4n) is 3.66. The van der Waals surface area contributed by atoms with Crippen LogP contribution in [0.25, 0.3) is 0 Å². The normalized spacial score (nSPS) is 21.1. The molecule has 2 aliphatic rings. The maximum absolute atomic E-state index is 12.6. The molecule has 0 aliphatic carbocycles. The van der Waals surface area contributed by atoms with Gasteiger partial charge in [-0.2, -0.15) is 0 Å². The predicted octanol–water partition coefficient (Wildman–Crippen LogP) is 1.66.